The zero-order chi connectivity index (χ0) is 13.7. The molecule has 0 radical (unpaired) electrons. The minimum atomic E-state index is 0.393. The van der Waals surface area contributed by atoms with Crippen molar-refractivity contribution < 1.29 is 0 Å². The van der Waals surface area contributed by atoms with E-state index in [2.05, 4.69) is 54.1 Å². The number of rotatable bonds is 5. The quantitative estimate of drug-likeness (QED) is 0.886. The molecule has 19 heavy (non-hydrogen) atoms. The van der Waals surface area contributed by atoms with Gasteiger partial charge in [-0.2, -0.15) is 0 Å². The van der Waals surface area contributed by atoms with Gasteiger partial charge in [0.25, 0.3) is 0 Å². The third-order valence-corrected chi connectivity index (χ3v) is 3.81. The second-order valence-corrected chi connectivity index (χ2v) is 5.80. The molecule has 104 valence electrons. The molecule has 1 aromatic carbocycles. The second-order valence-electron chi connectivity index (χ2n) is 5.27. The average molecular weight is 279 g/mol. The number of halogens is 1. The van der Waals surface area contributed by atoms with E-state index < -0.39 is 0 Å². The van der Waals surface area contributed by atoms with E-state index in [-0.39, 0.29) is 0 Å². The summed E-state index contributed by atoms with van der Waals surface area (Å²) in [6.07, 6.45) is 2.43. The Bertz CT molecular complexity index is 404. The zero-order valence-electron chi connectivity index (χ0n) is 11.6. The van der Waals surface area contributed by atoms with E-state index in [1.165, 1.54) is 18.4 Å². The van der Waals surface area contributed by atoms with Crippen molar-refractivity contribution in [1.82, 2.24) is 10.2 Å². The molecule has 0 saturated carbocycles. The summed E-state index contributed by atoms with van der Waals surface area (Å²) < 4.78 is 0. The molecule has 0 aliphatic carbocycles. The number of hydrogen-bond donors (Lipinski definition) is 1. The lowest BCUT2D eigenvalue weighted by Crippen LogP contribution is -2.52. The number of nitrogens with zero attached hydrogens (tertiary/aromatic N) is 1. The Morgan fingerprint density at radius 2 is 2.16 bits per heavy atom. The van der Waals surface area contributed by atoms with Gasteiger partial charge in [-0.1, -0.05) is 61.9 Å². The summed E-state index contributed by atoms with van der Waals surface area (Å²) in [5, 5.41) is 4.38. The molecule has 1 aliphatic rings. The number of nitrogens with one attached hydrogen (secondary N) is 1. The molecule has 1 aliphatic heterocycles. The van der Waals surface area contributed by atoms with E-state index in [9.17, 15) is 0 Å². The zero-order valence-corrected chi connectivity index (χ0v) is 12.4. The molecule has 0 aromatic heterocycles. The topological polar surface area (TPSA) is 15.3 Å². The maximum absolute atomic E-state index is 6.03. The predicted octanol–water partition coefficient (Wildman–Crippen LogP) is 3.55. The van der Waals surface area contributed by atoms with Crippen molar-refractivity contribution in [1.29, 1.82) is 0 Å². The Kier molecular flexibility index (Phi) is 5.44. The number of piperazine rings is 1. The van der Waals surface area contributed by atoms with Crippen LogP contribution in [0, 0.1) is 0 Å². The van der Waals surface area contributed by atoms with Crippen LogP contribution in [0.3, 0.4) is 0 Å². The Labute approximate surface area is 121 Å². The van der Waals surface area contributed by atoms with Gasteiger partial charge in [-0.15, -0.1) is 0 Å². The lowest BCUT2D eigenvalue weighted by molar-refractivity contribution is 0.140. The summed E-state index contributed by atoms with van der Waals surface area (Å²) in [5.74, 6) is 0. The molecule has 1 saturated heterocycles. The van der Waals surface area contributed by atoms with E-state index in [0.29, 0.717) is 12.1 Å². The Balaban J connectivity index is 2.10. The van der Waals surface area contributed by atoms with Crippen molar-refractivity contribution in [2.75, 3.05) is 19.6 Å². The first-order chi connectivity index (χ1) is 9.20. The maximum Gasteiger partial charge on any atom is 0.0477 e. The molecule has 2 atom stereocenters. The highest BCUT2D eigenvalue weighted by molar-refractivity contribution is 6.29. The van der Waals surface area contributed by atoms with Crippen LogP contribution in [0.25, 0.3) is 0 Å². The van der Waals surface area contributed by atoms with Crippen LogP contribution in [-0.4, -0.2) is 30.6 Å². The smallest absolute Gasteiger partial charge is 0.0477 e. The summed E-state index contributed by atoms with van der Waals surface area (Å²) in [6, 6.07) is 11.6. The Hall–Kier alpha value is -0.830. The highest BCUT2D eigenvalue weighted by Crippen LogP contribution is 2.25. The van der Waals surface area contributed by atoms with Gasteiger partial charge in [0, 0.05) is 36.8 Å². The van der Waals surface area contributed by atoms with Gasteiger partial charge in [-0.3, -0.25) is 4.90 Å². The van der Waals surface area contributed by atoms with Gasteiger partial charge in [-0.25, -0.2) is 0 Å². The normalized spacial score (nSPS) is 24.3. The molecule has 2 nitrogen and oxygen atoms in total. The summed E-state index contributed by atoms with van der Waals surface area (Å²) in [5.41, 5.74) is 1.35. The summed E-state index contributed by atoms with van der Waals surface area (Å²) >= 11 is 6.03. The summed E-state index contributed by atoms with van der Waals surface area (Å²) in [4.78, 5) is 2.45. The molecule has 1 heterocycles. The largest absolute Gasteiger partial charge is 0.311 e. The van der Waals surface area contributed by atoms with Crippen molar-refractivity contribution >= 4 is 11.6 Å². The van der Waals surface area contributed by atoms with Crippen LogP contribution in [0.4, 0.5) is 0 Å². The van der Waals surface area contributed by atoms with Crippen molar-refractivity contribution in [2.24, 2.45) is 0 Å². The van der Waals surface area contributed by atoms with Crippen LogP contribution in [0.1, 0.15) is 31.4 Å². The molecule has 0 bridgehead atoms. The number of hydrogen-bond acceptors (Lipinski definition) is 2. The maximum atomic E-state index is 6.03. The lowest BCUT2D eigenvalue weighted by Gasteiger charge is -2.40. The third kappa shape index (κ3) is 4.07. The van der Waals surface area contributed by atoms with Crippen LogP contribution < -0.4 is 5.32 Å². The molecule has 1 N–H and O–H groups in total. The highest BCUT2D eigenvalue weighted by atomic mass is 35.5. The van der Waals surface area contributed by atoms with Crippen LogP contribution in [-0.2, 0) is 0 Å². The van der Waals surface area contributed by atoms with Crippen LogP contribution in [0.2, 0.25) is 0 Å². The minimum Gasteiger partial charge on any atom is -0.311 e. The first-order valence-electron chi connectivity index (χ1n) is 7.06. The van der Waals surface area contributed by atoms with Crippen LogP contribution in [0.5, 0.6) is 0 Å². The van der Waals surface area contributed by atoms with Crippen molar-refractivity contribution in [3.05, 3.63) is 47.5 Å². The average Bonchev–Trinajstić information content (AvgIpc) is 2.40. The van der Waals surface area contributed by atoms with Gasteiger partial charge in [0.1, 0.15) is 0 Å². The van der Waals surface area contributed by atoms with Crippen molar-refractivity contribution in [3.63, 3.8) is 0 Å². The van der Waals surface area contributed by atoms with Crippen molar-refractivity contribution in [2.45, 2.75) is 31.8 Å². The molecule has 2 unspecified atom stereocenters. The van der Waals surface area contributed by atoms with Gasteiger partial charge in [0.05, 0.1) is 0 Å². The van der Waals surface area contributed by atoms with E-state index >= 15 is 0 Å². The van der Waals surface area contributed by atoms with Gasteiger partial charge in [0.15, 0.2) is 0 Å². The van der Waals surface area contributed by atoms with E-state index in [1.54, 1.807) is 0 Å². The fraction of sp³-hybridized carbons (Fsp3) is 0.500. The van der Waals surface area contributed by atoms with Gasteiger partial charge < -0.3 is 5.32 Å². The van der Waals surface area contributed by atoms with Crippen LogP contribution in [0.15, 0.2) is 41.9 Å². The minimum absolute atomic E-state index is 0.393. The first kappa shape index (κ1) is 14.6. The van der Waals surface area contributed by atoms with E-state index in [0.717, 1.165) is 24.7 Å². The molecule has 0 spiro atoms. The Morgan fingerprint density at radius 3 is 2.79 bits per heavy atom. The predicted molar refractivity (Wildman–Crippen MR) is 82.4 cm³/mol. The Morgan fingerprint density at radius 1 is 1.42 bits per heavy atom. The first-order valence-corrected chi connectivity index (χ1v) is 7.44. The highest BCUT2D eigenvalue weighted by Gasteiger charge is 2.28. The molecular weight excluding hydrogens is 256 g/mol. The SMILES string of the molecule is C=C(Cl)CN1CC(CCC)NCC1c1ccccc1. The fourth-order valence-electron chi connectivity index (χ4n) is 2.82. The van der Waals surface area contributed by atoms with E-state index in [4.69, 9.17) is 11.6 Å². The third-order valence-electron chi connectivity index (χ3n) is 3.69. The fourth-order valence-corrected chi connectivity index (χ4v) is 2.98. The monoisotopic (exact) mass is 278 g/mol. The molecule has 2 rings (SSSR count). The van der Waals surface area contributed by atoms with E-state index in [1.807, 2.05) is 0 Å². The van der Waals surface area contributed by atoms with Gasteiger partial charge >= 0.3 is 0 Å². The van der Waals surface area contributed by atoms with Crippen LogP contribution >= 0.6 is 11.6 Å². The molecule has 1 fully saturated rings. The molecule has 3 heteroatoms. The van der Waals surface area contributed by atoms with Gasteiger partial charge in [-0.05, 0) is 12.0 Å². The number of benzene rings is 1. The molecule has 1 aromatic rings. The summed E-state index contributed by atoms with van der Waals surface area (Å²) in [6.45, 7) is 8.88. The standard InChI is InChI=1S/C16H23ClN2/c1-3-7-15-12-19(11-13(2)17)16(10-18-15)14-8-5-4-6-9-14/h4-6,8-9,15-16,18H,2-3,7,10-12H2,1H3. The molecular formula is C16H23ClN2. The van der Waals surface area contributed by atoms with Gasteiger partial charge in [0.2, 0.25) is 0 Å². The summed E-state index contributed by atoms with van der Waals surface area (Å²) in [7, 11) is 0. The lowest BCUT2D eigenvalue weighted by atomic mass is 9.99. The second kappa shape index (κ2) is 7.09. The van der Waals surface area contributed by atoms with Crippen molar-refractivity contribution in [3.8, 4) is 0 Å². The molecule has 0 amide bonds.